The van der Waals surface area contributed by atoms with E-state index in [4.69, 9.17) is 0 Å². The first-order chi connectivity index (χ1) is 8.60. The first-order valence-electron chi connectivity index (χ1n) is 7.07. The van der Waals surface area contributed by atoms with E-state index >= 15 is 0 Å². The summed E-state index contributed by atoms with van der Waals surface area (Å²) in [6.45, 7) is 9.95. The Morgan fingerprint density at radius 1 is 1.50 bits per heavy atom. The third-order valence-electron chi connectivity index (χ3n) is 4.03. The Balaban J connectivity index is 2.07. The highest BCUT2D eigenvalue weighted by molar-refractivity contribution is 5.08. The highest BCUT2D eigenvalue weighted by Gasteiger charge is 2.22. The van der Waals surface area contributed by atoms with Gasteiger partial charge in [-0.1, -0.05) is 6.92 Å². The fourth-order valence-electron chi connectivity index (χ4n) is 2.72. The van der Waals surface area contributed by atoms with Gasteiger partial charge in [0.15, 0.2) is 0 Å². The van der Waals surface area contributed by atoms with Gasteiger partial charge in [0.05, 0.1) is 11.4 Å². The minimum atomic E-state index is 0.629. The van der Waals surface area contributed by atoms with Crippen molar-refractivity contribution in [2.75, 3.05) is 13.1 Å². The fraction of sp³-hybridized carbons (Fsp3) is 0.786. The normalized spacial score (nSPS) is 26.2. The van der Waals surface area contributed by atoms with Gasteiger partial charge >= 0.3 is 0 Å². The third-order valence-corrected chi connectivity index (χ3v) is 4.03. The smallest absolute Gasteiger partial charge is 0.0597 e. The van der Waals surface area contributed by atoms with Crippen molar-refractivity contribution in [2.45, 2.75) is 52.2 Å². The summed E-state index contributed by atoms with van der Waals surface area (Å²) in [5, 5.41) is 8.07. The van der Waals surface area contributed by atoms with E-state index in [1.807, 2.05) is 11.7 Å². The topological polar surface area (TPSA) is 33.1 Å². The van der Waals surface area contributed by atoms with E-state index in [0.29, 0.717) is 12.1 Å². The number of nitrogens with one attached hydrogen (secondary N) is 1. The summed E-state index contributed by atoms with van der Waals surface area (Å²) in [6, 6.07) is 3.47. The highest BCUT2D eigenvalue weighted by Crippen LogP contribution is 2.15. The SMILES string of the molecule is CCC1CN(Cc2cc(C)nn2C)C(C)CCN1. The van der Waals surface area contributed by atoms with Crippen molar-refractivity contribution in [3.63, 3.8) is 0 Å². The molecular formula is C14H26N4. The molecule has 1 aromatic heterocycles. The van der Waals surface area contributed by atoms with Crippen LogP contribution in [0.4, 0.5) is 0 Å². The molecule has 2 unspecified atom stereocenters. The van der Waals surface area contributed by atoms with Gasteiger partial charge in [0.2, 0.25) is 0 Å². The van der Waals surface area contributed by atoms with Gasteiger partial charge in [-0.25, -0.2) is 0 Å². The molecule has 0 spiro atoms. The van der Waals surface area contributed by atoms with Gasteiger partial charge in [0.25, 0.3) is 0 Å². The van der Waals surface area contributed by atoms with Crippen molar-refractivity contribution < 1.29 is 0 Å². The monoisotopic (exact) mass is 250 g/mol. The lowest BCUT2D eigenvalue weighted by Gasteiger charge is -2.28. The van der Waals surface area contributed by atoms with Crippen LogP contribution in [-0.4, -0.2) is 39.9 Å². The Hall–Kier alpha value is -0.870. The Morgan fingerprint density at radius 3 is 2.89 bits per heavy atom. The van der Waals surface area contributed by atoms with Gasteiger partial charge in [-0.05, 0) is 39.3 Å². The van der Waals surface area contributed by atoms with Crippen molar-refractivity contribution in [1.29, 1.82) is 0 Å². The van der Waals surface area contributed by atoms with E-state index in [2.05, 4.69) is 42.2 Å². The average molecular weight is 250 g/mol. The zero-order valence-corrected chi connectivity index (χ0v) is 12.1. The van der Waals surface area contributed by atoms with Gasteiger partial charge in [-0.3, -0.25) is 9.58 Å². The summed E-state index contributed by atoms with van der Waals surface area (Å²) in [6.07, 6.45) is 2.43. The van der Waals surface area contributed by atoms with Crippen LogP contribution >= 0.6 is 0 Å². The van der Waals surface area contributed by atoms with Crippen LogP contribution in [0, 0.1) is 6.92 Å². The predicted octanol–water partition coefficient (Wildman–Crippen LogP) is 1.69. The first-order valence-corrected chi connectivity index (χ1v) is 7.07. The minimum absolute atomic E-state index is 0.629. The molecule has 0 saturated carbocycles. The van der Waals surface area contributed by atoms with Crippen molar-refractivity contribution in [3.8, 4) is 0 Å². The van der Waals surface area contributed by atoms with Gasteiger partial charge in [0.1, 0.15) is 0 Å². The number of aryl methyl sites for hydroxylation is 2. The van der Waals surface area contributed by atoms with E-state index < -0.39 is 0 Å². The summed E-state index contributed by atoms with van der Waals surface area (Å²) >= 11 is 0. The molecule has 0 aliphatic carbocycles. The summed E-state index contributed by atoms with van der Waals surface area (Å²) in [4.78, 5) is 2.59. The maximum Gasteiger partial charge on any atom is 0.0597 e. The third kappa shape index (κ3) is 3.12. The van der Waals surface area contributed by atoms with Gasteiger partial charge in [0, 0.05) is 32.2 Å². The summed E-state index contributed by atoms with van der Waals surface area (Å²) < 4.78 is 2.02. The zero-order valence-electron chi connectivity index (χ0n) is 12.1. The number of hydrogen-bond acceptors (Lipinski definition) is 3. The van der Waals surface area contributed by atoms with E-state index in [1.54, 1.807) is 0 Å². The molecule has 2 rings (SSSR count). The lowest BCUT2D eigenvalue weighted by atomic mass is 10.2. The lowest BCUT2D eigenvalue weighted by Crippen LogP contribution is -2.39. The second kappa shape index (κ2) is 5.85. The van der Waals surface area contributed by atoms with Crippen LogP contribution in [0.2, 0.25) is 0 Å². The Morgan fingerprint density at radius 2 is 2.28 bits per heavy atom. The minimum Gasteiger partial charge on any atom is -0.313 e. The van der Waals surface area contributed by atoms with Crippen LogP contribution in [0.25, 0.3) is 0 Å². The molecule has 18 heavy (non-hydrogen) atoms. The van der Waals surface area contributed by atoms with Crippen LogP contribution < -0.4 is 5.32 Å². The maximum atomic E-state index is 4.44. The van der Waals surface area contributed by atoms with Gasteiger partial charge in [-0.2, -0.15) is 5.10 Å². The van der Waals surface area contributed by atoms with Crippen molar-refractivity contribution >= 4 is 0 Å². The maximum absolute atomic E-state index is 4.44. The molecule has 2 heterocycles. The molecule has 4 heteroatoms. The molecule has 0 radical (unpaired) electrons. The van der Waals surface area contributed by atoms with Crippen molar-refractivity contribution in [2.24, 2.45) is 7.05 Å². The summed E-state index contributed by atoms with van der Waals surface area (Å²) in [7, 11) is 2.04. The molecule has 1 aliphatic heterocycles. The van der Waals surface area contributed by atoms with Crippen LogP contribution in [0.5, 0.6) is 0 Å². The second-order valence-electron chi connectivity index (χ2n) is 5.53. The fourth-order valence-corrected chi connectivity index (χ4v) is 2.72. The van der Waals surface area contributed by atoms with E-state index in [0.717, 1.165) is 25.3 Å². The van der Waals surface area contributed by atoms with Crippen LogP contribution in [0.3, 0.4) is 0 Å². The Kier molecular flexibility index (Phi) is 4.40. The van der Waals surface area contributed by atoms with Crippen LogP contribution in [-0.2, 0) is 13.6 Å². The molecule has 1 aliphatic rings. The molecule has 0 amide bonds. The molecule has 0 bridgehead atoms. The standard InChI is InChI=1S/C14H26N4/c1-5-13-9-18(12(3)6-7-15-13)10-14-8-11(2)16-17(14)4/h8,12-13,15H,5-7,9-10H2,1-4H3. The molecule has 1 fully saturated rings. The molecule has 4 nitrogen and oxygen atoms in total. The van der Waals surface area contributed by atoms with Gasteiger partial charge < -0.3 is 5.32 Å². The lowest BCUT2D eigenvalue weighted by molar-refractivity contribution is 0.190. The van der Waals surface area contributed by atoms with Gasteiger partial charge in [-0.15, -0.1) is 0 Å². The van der Waals surface area contributed by atoms with Crippen molar-refractivity contribution in [1.82, 2.24) is 20.0 Å². The van der Waals surface area contributed by atoms with Crippen molar-refractivity contribution in [3.05, 3.63) is 17.5 Å². The number of nitrogens with zero attached hydrogens (tertiary/aromatic N) is 3. The molecule has 1 N–H and O–H groups in total. The summed E-state index contributed by atoms with van der Waals surface area (Å²) in [5.41, 5.74) is 2.43. The average Bonchev–Trinajstić information content (AvgIpc) is 2.54. The number of rotatable bonds is 3. The first kappa shape index (κ1) is 13.6. The number of hydrogen-bond donors (Lipinski definition) is 1. The molecule has 0 aromatic carbocycles. The Labute approximate surface area is 110 Å². The molecule has 1 aromatic rings. The van der Waals surface area contributed by atoms with E-state index in [-0.39, 0.29) is 0 Å². The Bertz CT molecular complexity index is 385. The number of aromatic nitrogens is 2. The molecule has 2 atom stereocenters. The predicted molar refractivity (Wildman–Crippen MR) is 74.5 cm³/mol. The molecular weight excluding hydrogens is 224 g/mol. The quantitative estimate of drug-likeness (QED) is 0.886. The second-order valence-corrected chi connectivity index (χ2v) is 5.53. The zero-order chi connectivity index (χ0) is 13.1. The highest BCUT2D eigenvalue weighted by atomic mass is 15.3. The van der Waals surface area contributed by atoms with E-state index in [9.17, 15) is 0 Å². The van der Waals surface area contributed by atoms with Crippen LogP contribution in [0.1, 0.15) is 38.1 Å². The molecule has 102 valence electrons. The molecule has 1 saturated heterocycles. The summed E-state index contributed by atoms with van der Waals surface area (Å²) in [5.74, 6) is 0. The largest absolute Gasteiger partial charge is 0.313 e. The van der Waals surface area contributed by atoms with Crippen LogP contribution in [0.15, 0.2) is 6.07 Å². The van der Waals surface area contributed by atoms with E-state index in [1.165, 1.54) is 18.5 Å².